The molecule has 1 N–H and O–H groups in total. The summed E-state index contributed by atoms with van der Waals surface area (Å²) in [5, 5.41) is 3.49. The molecule has 2 aliphatic heterocycles. The maximum absolute atomic E-state index is 5.31. The number of methoxy groups -OCH3 is 1. The van der Waals surface area contributed by atoms with Crippen molar-refractivity contribution >= 4 is 0 Å². The van der Waals surface area contributed by atoms with Crippen molar-refractivity contribution in [2.75, 3.05) is 33.3 Å². The van der Waals surface area contributed by atoms with Crippen LogP contribution in [0.4, 0.5) is 0 Å². The second-order valence-electron chi connectivity index (χ2n) is 6.83. The molecule has 0 aliphatic carbocycles. The lowest BCUT2D eigenvalue weighted by Crippen LogP contribution is -2.38. The molecule has 1 aromatic rings. The summed E-state index contributed by atoms with van der Waals surface area (Å²) < 4.78 is 5.31. The number of nitrogens with zero attached hydrogens (tertiary/aromatic N) is 1. The molecule has 0 amide bonds. The molecular weight excluding hydrogens is 272 g/mol. The Kier molecular flexibility index (Phi) is 5.74. The average Bonchev–Trinajstić information content (AvgIpc) is 2.81. The fourth-order valence-corrected chi connectivity index (χ4v) is 3.99. The van der Waals surface area contributed by atoms with Gasteiger partial charge < -0.3 is 10.1 Å². The molecule has 0 saturated carbocycles. The fourth-order valence-electron chi connectivity index (χ4n) is 3.99. The highest BCUT2D eigenvalue weighted by atomic mass is 16.5. The smallest absolute Gasteiger partial charge is 0.118 e. The van der Waals surface area contributed by atoms with Crippen molar-refractivity contribution < 1.29 is 4.74 Å². The van der Waals surface area contributed by atoms with Gasteiger partial charge in [0.25, 0.3) is 0 Å². The Balaban J connectivity index is 1.71. The molecule has 2 aliphatic rings. The molecule has 0 radical (unpaired) electrons. The molecule has 0 aromatic heterocycles. The highest BCUT2D eigenvalue weighted by Crippen LogP contribution is 2.32. The van der Waals surface area contributed by atoms with Crippen molar-refractivity contribution in [1.29, 1.82) is 0 Å². The highest BCUT2D eigenvalue weighted by molar-refractivity contribution is 5.29. The number of piperidine rings is 1. The van der Waals surface area contributed by atoms with Gasteiger partial charge in [-0.2, -0.15) is 0 Å². The summed E-state index contributed by atoms with van der Waals surface area (Å²) in [6, 6.07) is 9.36. The number of nitrogens with one attached hydrogen (secondary N) is 1. The molecule has 1 unspecified atom stereocenters. The molecule has 1 aromatic carbocycles. The van der Waals surface area contributed by atoms with Crippen LogP contribution in [0.25, 0.3) is 0 Å². The quantitative estimate of drug-likeness (QED) is 0.919. The van der Waals surface area contributed by atoms with Gasteiger partial charge in [-0.1, -0.05) is 25.0 Å². The number of hydrogen-bond acceptors (Lipinski definition) is 3. The van der Waals surface area contributed by atoms with Gasteiger partial charge in [0.15, 0.2) is 0 Å². The number of likely N-dealkylation sites (tertiary alicyclic amines) is 1. The number of ether oxygens (including phenoxy) is 1. The van der Waals surface area contributed by atoms with Crippen molar-refractivity contribution in [2.24, 2.45) is 5.92 Å². The largest absolute Gasteiger partial charge is 0.497 e. The van der Waals surface area contributed by atoms with Crippen LogP contribution in [-0.2, 0) is 0 Å². The number of benzene rings is 1. The average molecular weight is 302 g/mol. The van der Waals surface area contributed by atoms with E-state index in [2.05, 4.69) is 34.5 Å². The first kappa shape index (κ1) is 15.8. The summed E-state index contributed by atoms with van der Waals surface area (Å²) in [5.74, 6) is 1.84. The zero-order valence-electron chi connectivity index (χ0n) is 13.9. The Morgan fingerprint density at radius 2 is 1.82 bits per heavy atom. The van der Waals surface area contributed by atoms with E-state index in [1.165, 1.54) is 70.3 Å². The highest BCUT2D eigenvalue weighted by Gasteiger charge is 2.25. The van der Waals surface area contributed by atoms with Crippen molar-refractivity contribution in [3.05, 3.63) is 29.8 Å². The molecule has 3 heteroatoms. The molecule has 2 saturated heterocycles. The van der Waals surface area contributed by atoms with E-state index in [4.69, 9.17) is 4.74 Å². The van der Waals surface area contributed by atoms with E-state index in [1.807, 2.05) is 0 Å². The summed E-state index contributed by atoms with van der Waals surface area (Å²) in [7, 11) is 1.74. The normalized spacial score (nSPS) is 24.9. The molecule has 0 spiro atoms. The molecule has 22 heavy (non-hydrogen) atoms. The Labute approximate surface area is 135 Å². The van der Waals surface area contributed by atoms with E-state index in [0.29, 0.717) is 6.04 Å². The SMILES string of the molecule is COc1ccc(C2CCCCCN2CC2CCNCC2)cc1. The predicted octanol–water partition coefficient (Wildman–Crippen LogP) is 3.61. The Morgan fingerprint density at radius 1 is 1.05 bits per heavy atom. The zero-order chi connectivity index (χ0) is 15.2. The van der Waals surface area contributed by atoms with Crippen molar-refractivity contribution in [1.82, 2.24) is 10.2 Å². The van der Waals surface area contributed by atoms with Gasteiger partial charge in [-0.15, -0.1) is 0 Å². The van der Waals surface area contributed by atoms with Crippen molar-refractivity contribution in [2.45, 2.75) is 44.6 Å². The molecule has 2 heterocycles. The van der Waals surface area contributed by atoms with Gasteiger partial charge in [0.2, 0.25) is 0 Å². The predicted molar refractivity (Wildman–Crippen MR) is 91.4 cm³/mol. The standard InChI is InChI=1S/C19H30N2O/c1-22-18-8-6-17(7-9-18)19-5-3-2-4-14-21(19)15-16-10-12-20-13-11-16/h6-9,16,19-20H,2-5,10-15H2,1H3. The van der Waals surface area contributed by atoms with Crippen LogP contribution in [0.1, 0.15) is 50.1 Å². The van der Waals surface area contributed by atoms with Gasteiger partial charge in [0.1, 0.15) is 5.75 Å². The maximum Gasteiger partial charge on any atom is 0.118 e. The molecule has 2 fully saturated rings. The second kappa shape index (κ2) is 7.98. The summed E-state index contributed by atoms with van der Waals surface area (Å²) >= 11 is 0. The number of hydrogen-bond donors (Lipinski definition) is 1. The van der Waals surface area contributed by atoms with Crippen molar-refractivity contribution in [3.8, 4) is 5.75 Å². The van der Waals surface area contributed by atoms with Crippen LogP contribution in [0.15, 0.2) is 24.3 Å². The first-order valence-electron chi connectivity index (χ1n) is 8.95. The Hall–Kier alpha value is -1.06. The second-order valence-corrected chi connectivity index (χ2v) is 6.83. The molecule has 3 rings (SSSR count). The van der Waals surface area contributed by atoms with Gasteiger partial charge >= 0.3 is 0 Å². The fraction of sp³-hybridized carbons (Fsp3) is 0.684. The third kappa shape index (κ3) is 4.02. The molecule has 0 bridgehead atoms. The van der Waals surface area contributed by atoms with E-state index in [1.54, 1.807) is 7.11 Å². The van der Waals surface area contributed by atoms with E-state index in [-0.39, 0.29) is 0 Å². The van der Waals surface area contributed by atoms with Gasteiger partial charge in [0, 0.05) is 12.6 Å². The lowest BCUT2D eigenvalue weighted by Gasteiger charge is -2.35. The van der Waals surface area contributed by atoms with E-state index < -0.39 is 0 Å². The topological polar surface area (TPSA) is 24.5 Å². The molecule has 122 valence electrons. The van der Waals surface area contributed by atoms with Crippen LogP contribution < -0.4 is 10.1 Å². The van der Waals surface area contributed by atoms with Crippen LogP contribution in [-0.4, -0.2) is 38.2 Å². The summed E-state index contributed by atoms with van der Waals surface area (Å²) in [6.45, 7) is 4.94. The first-order valence-corrected chi connectivity index (χ1v) is 8.95. The minimum Gasteiger partial charge on any atom is -0.497 e. The minimum absolute atomic E-state index is 0.600. The van der Waals surface area contributed by atoms with Crippen LogP contribution in [0.3, 0.4) is 0 Å². The Bertz CT molecular complexity index is 439. The molecular formula is C19H30N2O. The Morgan fingerprint density at radius 3 is 2.55 bits per heavy atom. The van der Waals surface area contributed by atoms with Crippen molar-refractivity contribution in [3.63, 3.8) is 0 Å². The molecule has 3 nitrogen and oxygen atoms in total. The maximum atomic E-state index is 5.31. The third-order valence-electron chi connectivity index (χ3n) is 5.32. The zero-order valence-corrected chi connectivity index (χ0v) is 13.9. The van der Waals surface area contributed by atoms with Gasteiger partial charge in [-0.3, -0.25) is 4.90 Å². The third-order valence-corrected chi connectivity index (χ3v) is 5.32. The summed E-state index contributed by atoms with van der Waals surface area (Å²) in [6.07, 6.45) is 8.08. The van der Waals surface area contributed by atoms with Gasteiger partial charge in [0.05, 0.1) is 7.11 Å². The van der Waals surface area contributed by atoms with E-state index >= 15 is 0 Å². The molecule has 1 atom stereocenters. The van der Waals surface area contributed by atoms with E-state index in [9.17, 15) is 0 Å². The van der Waals surface area contributed by atoms with Crippen LogP contribution in [0.5, 0.6) is 5.75 Å². The lowest BCUT2D eigenvalue weighted by molar-refractivity contribution is 0.154. The van der Waals surface area contributed by atoms with Crippen LogP contribution in [0.2, 0.25) is 0 Å². The van der Waals surface area contributed by atoms with E-state index in [0.717, 1.165) is 11.7 Å². The van der Waals surface area contributed by atoms with Crippen LogP contribution >= 0.6 is 0 Å². The van der Waals surface area contributed by atoms with Crippen LogP contribution in [0, 0.1) is 5.92 Å². The van der Waals surface area contributed by atoms with Gasteiger partial charge in [-0.05, 0) is 68.9 Å². The van der Waals surface area contributed by atoms with Gasteiger partial charge in [-0.25, -0.2) is 0 Å². The first-order chi connectivity index (χ1) is 10.9. The monoisotopic (exact) mass is 302 g/mol. The summed E-state index contributed by atoms with van der Waals surface area (Å²) in [4.78, 5) is 2.77. The summed E-state index contributed by atoms with van der Waals surface area (Å²) in [5.41, 5.74) is 1.47. The minimum atomic E-state index is 0.600. The lowest BCUT2D eigenvalue weighted by atomic mass is 9.95. The number of rotatable bonds is 4.